The number of alkyl halides is 3. The molecule has 0 aliphatic rings. The van der Waals surface area contributed by atoms with Crippen LogP contribution in [0.25, 0.3) is 10.8 Å². The number of carbonyl (C=O) groups excluding carboxylic acids is 1. The van der Waals surface area contributed by atoms with Crippen LogP contribution in [0.3, 0.4) is 0 Å². The van der Waals surface area contributed by atoms with Crippen LogP contribution >= 0.6 is 0 Å². The molecule has 3 aromatic carbocycles. The summed E-state index contributed by atoms with van der Waals surface area (Å²) in [6, 6.07) is 10.4. The van der Waals surface area contributed by atoms with Crippen molar-refractivity contribution >= 4 is 22.4 Å². The zero-order valence-electron chi connectivity index (χ0n) is 14.7. The lowest BCUT2D eigenvalue weighted by atomic mass is 9.99. The van der Waals surface area contributed by atoms with Crippen LogP contribution in [0.5, 0.6) is 0 Å². The summed E-state index contributed by atoms with van der Waals surface area (Å²) in [7, 11) is 0. The molecule has 0 aliphatic carbocycles. The van der Waals surface area contributed by atoms with E-state index < -0.39 is 53.0 Å². The van der Waals surface area contributed by atoms with Gasteiger partial charge in [-0.3, -0.25) is 4.79 Å². The van der Waals surface area contributed by atoms with Gasteiger partial charge in [-0.25, -0.2) is 17.6 Å². The third-order valence-corrected chi connectivity index (χ3v) is 4.25. The Kier molecular flexibility index (Phi) is 5.25. The molecular formula is C20H12F7NO. The average Bonchev–Trinajstić information content (AvgIpc) is 2.62. The summed E-state index contributed by atoms with van der Waals surface area (Å²) in [6.07, 6.45) is -6.08. The van der Waals surface area contributed by atoms with Crippen molar-refractivity contribution in [3.63, 3.8) is 0 Å². The lowest BCUT2D eigenvalue weighted by molar-refractivity contribution is -0.143. The fraction of sp³-hybridized carbons (Fsp3) is 0.150. The van der Waals surface area contributed by atoms with Crippen molar-refractivity contribution in [1.82, 2.24) is 0 Å². The summed E-state index contributed by atoms with van der Waals surface area (Å²) in [5.74, 6) is -11.0. The first-order valence-electron chi connectivity index (χ1n) is 8.22. The van der Waals surface area contributed by atoms with Crippen LogP contribution in [0.4, 0.5) is 36.4 Å². The van der Waals surface area contributed by atoms with Crippen LogP contribution in [0.2, 0.25) is 0 Å². The summed E-state index contributed by atoms with van der Waals surface area (Å²) in [4.78, 5) is 12.2. The Labute approximate surface area is 160 Å². The zero-order chi connectivity index (χ0) is 21.5. The standard InChI is InChI=1S/C20H12F7NO/c1-9-6-10-4-2-3-5-12(10)11(7-9)8-13(29)28-19-17(23)15(21)14(20(25,26)27)16(22)18(19)24/h2-7H,8H2,1H3,(H,28,29). The van der Waals surface area contributed by atoms with E-state index in [1.807, 2.05) is 6.07 Å². The molecule has 0 fully saturated rings. The van der Waals surface area contributed by atoms with Gasteiger partial charge < -0.3 is 5.32 Å². The van der Waals surface area contributed by atoms with Gasteiger partial charge in [0.05, 0.1) is 6.42 Å². The monoisotopic (exact) mass is 415 g/mol. The fourth-order valence-corrected chi connectivity index (χ4v) is 3.05. The zero-order valence-corrected chi connectivity index (χ0v) is 14.7. The minimum atomic E-state index is -5.65. The van der Waals surface area contributed by atoms with Crippen molar-refractivity contribution < 1.29 is 35.5 Å². The average molecular weight is 415 g/mol. The summed E-state index contributed by atoms with van der Waals surface area (Å²) in [5.41, 5.74) is -3.06. The van der Waals surface area contributed by atoms with Gasteiger partial charge in [0.2, 0.25) is 5.91 Å². The Morgan fingerprint density at radius 1 is 0.931 bits per heavy atom. The fourth-order valence-electron chi connectivity index (χ4n) is 3.05. The van der Waals surface area contributed by atoms with Crippen LogP contribution in [-0.2, 0) is 17.4 Å². The second-order valence-electron chi connectivity index (χ2n) is 6.37. The molecule has 1 N–H and O–H groups in total. The largest absolute Gasteiger partial charge is 0.422 e. The normalized spacial score (nSPS) is 11.7. The van der Waals surface area contributed by atoms with Crippen molar-refractivity contribution in [1.29, 1.82) is 0 Å². The van der Waals surface area contributed by atoms with Gasteiger partial charge in [0.1, 0.15) is 11.3 Å². The number of fused-ring (bicyclic) bond motifs is 1. The van der Waals surface area contributed by atoms with E-state index in [4.69, 9.17) is 0 Å². The van der Waals surface area contributed by atoms with Crippen LogP contribution in [0.15, 0.2) is 36.4 Å². The minimum Gasteiger partial charge on any atom is -0.321 e. The highest BCUT2D eigenvalue weighted by Gasteiger charge is 2.42. The molecule has 0 aliphatic heterocycles. The van der Waals surface area contributed by atoms with E-state index in [0.717, 1.165) is 10.9 Å². The van der Waals surface area contributed by atoms with E-state index in [0.29, 0.717) is 10.9 Å². The summed E-state index contributed by atoms with van der Waals surface area (Å²) < 4.78 is 93.2. The SMILES string of the molecule is Cc1cc(CC(=O)Nc2c(F)c(F)c(C(F)(F)F)c(F)c2F)c2ccccc2c1. The maximum atomic E-state index is 14.0. The number of aryl methyl sites for hydroxylation is 1. The highest BCUT2D eigenvalue weighted by atomic mass is 19.4. The van der Waals surface area contributed by atoms with Gasteiger partial charge in [-0.2, -0.15) is 13.2 Å². The van der Waals surface area contributed by atoms with Gasteiger partial charge in [-0.05, 0) is 23.3 Å². The Hall–Kier alpha value is -3.10. The van der Waals surface area contributed by atoms with Gasteiger partial charge in [0.15, 0.2) is 23.3 Å². The first kappa shape index (κ1) is 20.6. The Morgan fingerprint density at radius 3 is 2.10 bits per heavy atom. The van der Waals surface area contributed by atoms with Crippen LogP contribution < -0.4 is 5.32 Å². The summed E-state index contributed by atoms with van der Waals surface area (Å²) in [6.45, 7) is 1.76. The minimum absolute atomic E-state index is 0.425. The number of halogens is 7. The molecule has 2 nitrogen and oxygen atoms in total. The predicted octanol–water partition coefficient (Wildman–Crippen LogP) is 5.90. The smallest absolute Gasteiger partial charge is 0.321 e. The number of benzene rings is 3. The molecule has 0 radical (unpaired) electrons. The van der Waals surface area contributed by atoms with Crippen molar-refractivity contribution in [2.24, 2.45) is 0 Å². The molecule has 0 spiro atoms. The van der Waals surface area contributed by atoms with E-state index in [1.165, 1.54) is 0 Å². The summed E-state index contributed by atoms with van der Waals surface area (Å²) in [5, 5.41) is 3.09. The molecule has 152 valence electrons. The maximum absolute atomic E-state index is 14.0. The van der Waals surface area contributed by atoms with Crippen molar-refractivity contribution in [2.45, 2.75) is 19.5 Å². The van der Waals surface area contributed by atoms with E-state index in [2.05, 4.69) is 0 Å². The lowest BCUT2D eigenvalue weighted by Crippen LogP contribution is -2.21. The van der Waals surface area contributed by atoms with Gasteiger partial charge in [0.25, 0.3) is 0 Å². The number of amides is 1. The number of anilines is 1. The third-order valence-electron chi connectivity index (χ3n) is 4.25. The van der Waals surface area contributed by atoms with Crippen molar-refractivity contribution in [3.8, 4) is 0 Å². The van der Waals surface area contributed by atoms with Crippen LogP contribution in [-0.4, -0.2) is 5.91 Å². The molecule has 0 saturated carbocycles. The Balaban J connectivity index is 1.97. The van der Waals surface area contributed by atoms with Crippen LogP contribution in [0, 0.1) is 30.2 Å². The van der Waals surface area contributed by atoms with E-state index in [9.17, 15) is 35.5 Å². The summed E-state index contributed by atoms with van der Waals surface area (Å²) >= 11 is 0. The molecule has 0 saturated heterocycles. The number of nitrogens with one attached hydrogen (secondary N) is 1. The number of rotatable bonds is 3. The molecule has 0 aromatic heterocycles. The van der Waals surface area contributed by atoms with Crippen LogP contribution in [0.1, 0.15) is 16.7 Å². The quantitative estimate of drug-likeness (QED) is 0.419. The van der Waals surface area contributed by atoms with E-state index in [1.54, 1.807) is 42.6 Å². The Morgan fingerprint density at radius 2 is 1.52 bits per heavy atom. The lowest BCUT2D eigenvalue weighted by Gasteiger charge is -2.15. The second-order valence-corrected chi connectivity index (χ2v) is 6.37. The van der Waals surface area contributed by atoms with Gasteiger partial charge in [-0.15, -0.1) is 0 Å². The van der Waals surface area contributed by atoms with Gasteiger partial charge >= 0.3 is 6.18 Å². The molecule has 0 atom stereocenters. The Bertz CT molecular complexity index is 1090. The molecule has 0 bridgehead atoms. The van der Waals surface area contributed by atoms with E-state index in [-0.39, 0.29) is 0 Å². The highest BCUT2D eigenvalue weighted by Crippen LogP contribution is 2.38. The highest BCUT2D eigenvalue weighted by molar-refractivity contribution is 5.96. The van der Waals surface area contributed by atoms with Gasteiger partial charge in [-0.1, -0.05) is 42.0 Å². The predicted molar refractivity (Wildman–Crippen MR) is 92.3 cm³/mol. The number of carbonyl (C=O) groups is 1. The number of hydrogen-bond donors (Lipinski definition) is 1. The second kappa shape index (κ2) is 7.38. The van der Waals surface area contributed by atoms with Crippen molar-refractivity contribution in [2.75, 3.05) is 5.32 Å². The molecule has 1 amide bonds. The third kappa shape index (κ3) is 3.90. The molecule has 29 heavy (non-hydrogen) atoms. The molecular weight excluding hydrogens is 403 g/mol. The molecule has 0 heterocycles. The molecule has 3 aromatic rings. The topological polar surface area (TPSA) is 29.1 Å². The van der Waals surface area contributed by atoms with Crippen molar-refractivity contribution in [3.05, 3.63) is 76.4 Å². The maximum Gasteiger partial charge on any atom is 0.422 e. The molecule has 0 unspecified atom stereocenters. The van der Waals surface area contributed by atoms with Gasteiger partial charge in [0, 0.05) is 0 Å². The first-order chi connectivity index (χ1) is 13.5. The first-order valence-corrected chi connectivity index (χ1v) is 8.22. The van der Waals surface area contributed by atoms with E-state index >= 15 is 0 Å². The number of hydrogen-bond acceptors (Lipinski definition) is 1. The molecule has 9 heteroatoms. The molecule has 3 rings (SSSR count).